The second-order valence-corrected chi connectivity index (χ2v) is 4.35. The topological polar surface area (TPSA) is 47.0 Å². The van der Waals surface area contributed by atoms with Crippen molar-refractivity contribution in [2.45, 2.75) is 6.42 Å². The molecule has 1 heterocycles. The first-order valence-corrected chi connectivity index (χ1v) is 6.25. The van der Waals surface area contributed by atoms with Crippen LogP contribution in [-0.2, 0) is 11.2 Å². The van der Waals surface area contributed by atoms with Gasteiger partial charge in [-0.1, -0.05) is 30.3 Å². The molecule has 1 aromatic heterocycles. The molecule has 2 aromatic rings. The molecule has 0 amide bonds. The van der Waals surface area contributed by atoms with Gasteiger partial charge in [0, 0.05) is 31.6 Å². The van der Waals surface area contributed by atoms with Gasteiger partial charge in [0.15, 0.2) is 0 Å². The van der Waals surface area contributed by atoms with Crippen molar-refractivity contribution < 1.29 is 4.74 Å². The number of rotatable bonds is 6. The molecule has 0 unspecified atom stereocenters. The summed E-state index contributed by atoms with van der Waals surface area (Å²) in [6, 6.07) is 10.2. The predicted molar refractivity (Wildman–Crippen MR) is 69.5 cm³/mol. The van der Waals surface area contributed by atoms with Crippen molar-refractivity contribution in [3.8, 4) is 0 Å². The molecule has 0 aliphatic carbocycles. The van der Waals surface area contributed by atoms with E-state index in [0.29, 0.717) is 6.61 Å². The van der Waals surface area contributed by atoms with E-state index >= 15 is 0 Å². The van der Waals surface area contributed by atoms with Gasteiger partial charge in [-0.15, -0.1) is 0 Å². The van der Waals surface area contributed by atoms with Crippen molar-refractivity contribution in [2.75, 3.05) is 25.6 Å². The number of anilines is 1. The van der Waals surface area contributed by atoms with Crippen LogP contribution >= 0.6 is 11.5 Å². The molecule has 0 fully saturated rings. The number of aromatic nitrogens is 2. The molecule has 0 atom stereocenters. The Morgan fingerprint density at radius 2 is 2.12 bits per heavy atom. The van der Waals surface area contributed by atoms with E-state index in [0.717, 1.165) is 23.9 Å². The van der Waals surface area contributed by atoms with Crippen molar-refractivity contribution in [3.05, 3.63) is 41.7 Å². The zero-order valence-electron chi connectivity index (χ0n) is 9.72. The van der Waals surface area contributed by atoms with Crippen LogP contribution < -0.4 is 5.32 Å². The molecule has 0 bridgehead atoms. The first-order chi connectivity index (χ1) is 8.38. The van der Waals surface area contributed by atoms with Gasteiger partial charge >= 0.3 is 0 Å². The van der Waals surface area contributed by atoms with Crippen LogP contribution in [0.5, 0.6) is 0 Å². The molecule has 0 aliphatic heterocycles. The molecule has 0 saturated heterocycles. The van der Waals surface area contributed by atoms with Crippen LogP contribution in [0.2, 0.25) is 0 Å². The molecule has 4 nitrogen and oxygen atoms in total. The van der Waals surface area contributed by atoms with Gasteiger partial charge in [0.05, 0.1) is 6.61 Å². The number of nitrogens with zero attached hydrogens (tertiary/aromatic N) is 2. The summed E-state index contributed by atoms with van der Waals surface area (Å²) in [6.45, 7) is 1.43. The Bertz CT molecular complexity index is 444. The van der Waals surface area contributed by atoms with E-state index in [9.17, 15) is 0 Å². The fraction of sp³-hybridized carbons (Fsp3) is 0.333. The average Bonchev–Trinajstić information content (AvgIpc) is 2.79. The minimum Gasteiger partial charge on any atom is -0.383 e. The summed E-state index contributed by atoms with van der Waals surface area (Å²) in [7, 11) is 1.68. The van der Waals surface area contributed by atoms with Gasteiger partial charge in [-0.2, -0.15) is 4.37 Å². The van der Waals surface area contributed by atoms with E-state index in [1.54, 1.807) is 7.11 Å². The zero-order chi connectivity index (χ0) is 11.9. The van der Waals surface area contributed by atoms with Gasteiger partial charge in [0.2, 0.25) is 5.13 Å². The monoisotopic (exact) mass is 249 g/mol. The maximum absolute atomic E-state index is 4.96. The van der Waals surface area contributed by atoms with Crippen LogP contribution in [0.3, 0.4) is 0 Å². The lowest BCUT2D eigenvalue weighted by molar-refractivity contribution is 0.211. The summed E-state index contributed by atoms with van der Waals surface area (Å²) in [6.07, 6.45) is 0.781. The highest BCUT2D eigenvalue weighted by molar-refractivity contribution is 7.09. The van der Waals surface area contributed by atoms with Crippen LogP contribution in [0, 0.1) is 0 Å². The van der Waals surface area contributed by atoms with E-state index in [1.807, 2.05) is 18.2 Å². The fourth-order valence-electron chi connectivity index (χ4n) is 1.44. The molecule has 2 rings (SSSR count). The Labute approximate surface area is 105 Å². The Morgan fingerprint density at radius 1 is 1.29 bits per heavy atom. The summed E-state index contributed by atoms with van der Waals surface area (Å²) in [4.78, 5) is 4.42. The van der Waals surface area contributed by atoms with Crippen molar-refractivity contribution in [1.29, 1.82) is 0 Å². The summed E-state index contributed by atoms with van der Waals surface area (Å²) < 4.78 is 9.28. The number of hydrogen-bond donors (Lipinski definition) is 1. The van der Waals surface area contributed by atoms with E-state index in [1.165, 1.54) is 17.1 Å². The molecule has 0 saturated carbocycles. The molecule has 1 aromatic carbocycles. The van der Waals surface area contributed by atoms with Gasteiger partial charge in [-0.3, -0.25) is 0 Å². The minimum atomic E-state index is 0.674. The van der Waals surface area contributed by atoms with E-state index < -0.39 is 0 Å². The van der Waals surface area contributed by atoms with Gasteiger partial charge in [0.25, 0.3) is 0 Å². The van der Waals surface area contributed by atoms with E-state index in [2.05, 4.69) is 26.8 Å². The van der Waals surface area contributed by atoms with Crippen LogP contribution in [0.4, 0.5) is 5.13 Å². The number of nitrogens with one attached hydrogen (secondary N) is 1. The van der Waals surface area contributed by atoms with Crippen LogP contribution in [0.1, 0.15) is 11.4 Å². The van der Waals surface area contributed by atoms with Gasteiger partial charge in [-0.25, -0.2) is 4.98 Å². The quantitative estimate of drug-likeness (QED) is 0.797. The Morgan fingerprint density at radius 3 is 2.88 bits per heavy atom. The smallest absolute Gasteiger partial charge is 0.202 e. The summed E-state index contributed by atoms with van der Waals surface area (Å²) >= 11 is 1.39. The van der Waals surface area contributed by atoms with E-state index in [-0.39, 0.29) is 0 Å². The first kappa shape index (κ1) is 12.0. The lowest BCUT2D eigenvalue weighted by atomic mass is 10.1. The third-order valence-electron chi connectivity index (χ3n) is 2.26. The lowest BCUT2D eigenvalue weighted by Crippen LogP contribution is -2.07. The number of ether oxygens (including phenoxy) is 1. The molecule has 0 spiro atoms. The second kappa shape index (κ2) is 6.32. The summed E-state index contributed by atoms with van der Waals surface area (Å²) in [5, 5.41) is 4.03. The third-order valence-corrected chi connectivity index (χ3v) is 2.97. The summed E-state index contributed by atoms with van der Waals surface area (Å²) in [5.41, 5.74) is 1.23. The molecule has 0 aliphatic rings. The van der Waals surface area contributed by atoms with Crippen molar-refractivity contribution >= 4 is 16.7 Å². The highest BCUT2D eigenvalue weighted by Gasteiger charge is 2.04. The average molecular weight is 249 g/mol. The minimum absolute atomic E-state index is 0.674. The van der Waals surface area contributed by atoms with Gasteiger partial charge < -0.3 is 10.1 Å². The highest BCUT2D eigenvalue weighted by atomic mass is 32.1. The Balaban J connectivity index is 1.90. The normalized spacial score (nSPS) is 10.4. The van der Waals surface area contributed by atoms with Crippen molar-refractivity contribution in [1.82, 2.24) is 9.36 Å². The van der Waals surface area contributed by atoms with Crippen molar-refractivity contribution in [2.24, 2.45) is 0 Å². The van der Waals surface area contributed by atoms with Gasteiger partial charge in [0.1, 0.15) is 5.82 Å². The maximum atomic E-state index is 4.96. The summed E-state index contributed by atoms with van der Waals surface area (Å²) in [5.74, 6) is 0.862. The second-order valence-electron chi connectivity index (χ2n) is 3.60. The Hall–Kier alpha value is -1.46. The lowest BCUT2D eigenvalue weighted by Gasteiger charge is -1.99. The largest absolute Gasteiger partial charge is 0.383 e. The van der Waals surface area contributed by atoms with E-state index in [4.69, 9.17) is 4.74 Å². The molecule has 0 radical (unpaired) electrons. The van der Waals surface area contributed by atoms with Crippen LogP contribution in [0.25, 0.3) is 0 Å². The molecule has 1 N–H and O–H groups in total. The van der Waals surface area contributed by atoms with Gasteiger partial charge in [-0.05, 0) is 5.56 Å². The number of benzene rings is 1. The fourth-order valence-corrected chi connectivity index (χ4v) is 2.05. The third kappa shape index (κ3) is 3.80. The molecular weight excluding hydrogens is 234 g/mol. The maximum Gasteiger partial charge on any atom is 0.202 e. The Kier molecular flexibility index (Phi) is 4.46. The molecular formula is C12H15N3OS. The van der Waals surface area contributed by atoms with Crippen LogP contribution in [-0.4, -0.2) is 29.6 Å². The standard InChI is InChI=1S/C12H15N3OS/c1-16-8-7-13-12-14-11(15-17-12)9-10-5-3-2-4-6-10/h2-6H,7-9H2,1H3,(H,13,14,15). The van der Waals surface area contributed by atoms with Crippen LogP contribution in [0.15, 0.2) is 30.3 Å². The number of hydrogen-bond acceptors (Lipinski definition) is 5. The highest BCUT2D eigenvalue weighted by Crippen LogP contribution is 2.13. The first-order valence-electron chi connectivity index (χ1n) is 5.48. The SMILES string of the molecule is COCCNc1nc(Cc2ccccc2)ns1. The molecule has 17 heavy (non-hydrogen) atoms. The zero-order valence-corrected chi connectivity index (χ0v) is 10.5. The molecule has 5 heteroatoms. The molecule has 90 valence electrons. The predicted octanol–water partition coefficient (Wildman–Crippen LogP) is 2.19. The van der Waals surface area contributed by atoms with Crippen molar-refractivity contribution in [3.63, 3.8) is 0 Å². The number of methoxy groups -OCH3 is 1.